The van der Waals surface area contributed by atoms with Crippen LogP contribution in [0.4, 0.5) is 0 Å². The van der Waals surface area contributed by atoms with Gasteiger partial charge in [-0.15, -0.1) is 0 Å². The maximum absolute atomic E-state index is 9.09. The number of nitrogens with two attached hydrogens (primary N) is 1. The number of benzene rings is 2. The maximum Gasteiger partial charge on any atom is 0.127 e. The SMILES string of the molecule is CC(N)(CO)CCCOc1cccc2ccccc12. The standard InChI is InChI=1S/C16H21NO2/c1-16(17,12-18)10-5-11-19-15-9-4-7-13-6-2-3-8-14(13)15/h2-4,6-9,18H,5,10-12,17H2,1H3. The Labute approximate surface area is 114 Å². The predicted octanol–water partition coefficient (Wildman–Crippen LogP) is 2.71. The van der Waals surface area contributed by atoms with Crippen molar-refractivity contribution in [3.8, 4) is 5.75 Å². The quantitative estimate of drug-likeness (QED) is 0.784. The van der Waals surface area contributed by atoms with Gasteiger partial charge in [-0.2, -0.15) is 0 Å². The molecule has 1 atom stereocenters. The molecule has 2 aromatic carbocycles. The molecule has 0 amide bonds. The monoisotopic (exact) mass is 259 g/mol. The van der Waals surface area contributed by atoms with Crippen molar-refractivity contribution in [2.45, 2.75) is 25.3 Å². The molecule has 0 fully saturated rings. The van der Waals surface area contributed by atoms with Crippen LogP contribution in [0.15, 0.2) is 42.5 Å². The van der Waals surface area contributed by atoms with Crippen molar-refractivity contribution in [2.75, 3.05) is 13.2 Å². The first-order chi connectivity index (χ1) is 9.12. The van der Waals surface area contributed by atoms with Crippen molar-refractivity contribution < 1.29 is 9.84 Å². The molecule has 2 aromatic rings. The van der Waals surface area contributed by atoms with E-state index in [-0.39, 0.29) is 6.61 Å². The average Bonchev–Trinajstić information content (AvgIpc) is 2.44. The van der Waals surface area contributed by atoms with Gasteiger partial charge in [-0.1, -0.05) is 36.4 Å². The summed E-state index contributed by atoms with van der Waals surface area (Å²) in [7, 11) is 0. The molecule has 0 heterocycles. The van der Waals surface area contributed by atoms with Gasteiger partial charge >= 0.3 is 0 Å². The molecule has 3 heteroatoms. The van der Waals surface area contributed by atoms with Crippen molar-refractivity contribution in [3.63, 3.8) is 0 Å². The molecule has 19 heavy (non-hydrogen) atoms. The van der Waals surface area contributed by atoms with Crippen LogP contribution in [-0.2, 0) is 0 Å². The van der Waals surface area contributed by atoms with E-state index in [4.69, 9.17) is 15.6 Å². The highest BCUT2D eigenvalue weighted by Crippen LogP contribution is 2.25. The average molecular weight is 259 g/mol. The Balaban J connectivity index is 1.95. The second-order valence-corrected chi connectivity index (χ2v) is 5.24. The van der Waals surface area contributed by atoms with Crippen molar-refractivity contribution in [2.24, 2.45) is 5.73 Å². The van der Waals surface area contributed by atoms with E-state index in [9.17, 15) is 0 Å². The van der Waals surface area contributed by atoms with E-state index in [1.54, 1.807) is 0 Å². The molecule has 3 nitrogen and oxygen atoms in total. The molecular formula is C16H21NO2. The first-order valence-corrected chi connectivity index (χ1v) is 6.63. The molecule has 0 radical (unpaired) electrons. The lowest BCUT2D eigenvalue weighted by atomic mass is 9.99. The largest absolute Gasteiger partial charge is 0.493 e. The summed E-state index contributed by atoms with van der Waals surface area (Å²) in [6, 6.07) is 14.2. The summed E-state index contributed by atoms with van der Waals surface area (Å²) in [6.07, 6.45) is 1.57. The van der Waals surface area contributed by atoms with Crippen LogP contribution < -0.4 is 10.5 Å². The first kappa shape index (κ1) is 13.8. The topological polar surface area (TPSA) is 55.5 Å². The van der Waals surface area contributed by atoms with E-state index < -0.39 is 5.54 Å². The molecule has 0 aromatic heterocycles. The highest BCUT2D eigenvalue weighted by Gasteiger charge is 2.16. The van der Waals surface area contributed by atoms with Crippen molar-refractivity contribution in [1.82, 2.24) is 0 Å². The van der Waals surface area contributed by atoms with Crippen LogP contribution >= 0.6 is 0 Å². The van der Waals surface area contributed by atoms with Gasteiger partial charge in [-0.25, -0.2) is 0 Å². The number of aliphatic hydroxyl groups excluding tert-OH is 1. The van der Waals surface area contributed by atoms with Crippen LogP contribution in [0.5, 0.6) is 5.75 Å². The molecule has 0 bridgehead atoms. The fraction of sp³-hybridized carbons (Fsp3) is 0.375. The lowest BCUT2D eigenvalue weighted by molar-refractivity contribution is 0.189. The van der Waals surface area contributed by atoms with E-state index in [2.05, 4.69) is 18.2 Å². The number of ether oxygens (including phenoxy) is 1. The Kier molecular flexibility index (Phi) is 4.40. The summed E-state index contributed by atoms with van der Waals surface area (Å²) in [5.74, 6) is 0.904. The lowest BCUT2D eigenvalue weighted by Gasteiger charge is -2.21. The molecule has 102 valence electrons. The number of aliphatic hydroxyl groups is 1. The summed E-state index contributed by atoms with van der Waals surface area (Å²) >= 11 is 0. The zero-order valence-corrected chi connectivity index (χ0v) is 11.3. The summed E-state index contributed by atoms with van der Waals surface area (Å²) in [5.41, 5.74) is 5.37. The van der Waals surface area contributed by atoms with Gasteiger partial charge in [0.25, 0.3) is 0 Å². The van der Waals surface area contributed by atoms with Crippen molar-refractivity contribution in [1.29, 1.82) is 0 Å². The van der Waals surface area contributed by atoms with E-state index in [0.29, 0.717) is 6.61 Å². The molecule has 2 rings (SSSR count). The molecule has 0 aliphatic rings. The van der Waals surface area contributed by atoms with Gasteiger partial charge in [0.05, 0.1) is 13.2 Å². The molecule has 0 spiro atoms. The second kappa shape index (κ2) is 6.04. The molecule has 0 saturated heterocycles. The van der Waals surface area contributed by atoms with Crippen LogP contribution in [0.2, 0.25) is 0 Å². The fourth-order valence-electron chi connectivity index (χ4n) is 2.06. The highest BCUT2D eigenvalue weighted by molar-refractivity contribution is 5.88. The van der Waals surface area contributed by atoms with Crippen LogP contribution in [0, 0.1) is 0 Å². The Hall–Kier alpha value is -1.58. The zero-order chi connectivity index (χ0) is 13.7. The lowest BCUT2D eigenvalue weighted by Crippen LogP contribution is -2.40. The van der Waals surface area contributed by atoms with E-state index in [1.807, 2.05) is 31.2 Å². The smallest absolute Gasteiger partial charge is 0.127 e. The Morgan fingerprint density at radius 1 is 1.16 bits per heavy atom. The highest BCUT2D eigenvalue weighted by atomic mass is 16.5. The third-order valence-electron chi connectivity index (χ3n) is 3.26. The van der Waals surface area contributed by atoms with E-state index in [0.717, 1.165) is 24.0 Å². The van der Waals surface area contributed by atoms with E-state index >= 15 is 0 Å². The predicted molar refractivity (Wildman–Crippen MR) is 78.4 cm³/mol. The molecule has 0 aliphatic heterocycles. The number of rotatable bonds is 6. The van der Waals surface area contributed by atoms with Gasteiger partial charge in [0.15, 0.2) is 0 Å². The van der Waals surface area contributed by atoms with E-state index in [1.165, 1.54) is 5.39 Å². The molecule has 0 aliphatic carbocycles. The van der Waals surface area contributed by atoms with Gasteiger partial charge in [0.2, 0.25) is 0 Å². The van der Waals surface area contributed by atoms with Gasteiger partial charge in [-0.3, -0.25) is 0 Å². The second-order valence-electron chi connectivity index (χ2n) is 5.24. The normalized spacial score (nSPS) is 14.3. The third kappa shape index (κ3) is 3.69. The van der Waals surface area contributed by atoms with Crippen molar-refractivity contribution >= 4 is 10.8 Å². The summed E-state index contributed by atoms with van der Waals surface area (Å²) < 4.78 is 5.82. The molecule has 3 N–H and O–H groups in total. The molecule has 0 saturated carbocycles. The number of hydrogen-bond donors (Lipinski definition) is 2. The summed E-state index contributed by atoms with van der Waals surface area (Å²) in [5, 5.41) is 11.4. The molecular weight excluding hydrogens is 238 g/mol. The van der Waals surface area contributed by atoms with Crippen LogP contribution in [0.3, 0.4) is 0 Å². The third-order valence-corrected chi connectivity index (χ3v) is 3.26. The Morgan fingerprint density at radius 2 is 1.89 bits per heavy atom. The first-order valence-electron chi connectivity index (χ1n) is 6.63. The van der Waals surface area contributed by atoms with Gasteiger partial charge in [-0.05, 0) is 31.2 Å². The fourth-order valence-corrected chi connectivity index (χ4v) is 2.06. The minimum atomic E-state index is -0.512. The number of fused-ring (bicyclic) bond motifs is 1. The Morgan fingerprint density at radius 3 is 2.68 bits per heavy atom. The van der Waals surface area contributed by atoms with Crippen LogP contribution in [0.1, 0.15) is 19.8 Å². The van der Waals surface area contributed by atoms with Crippen LogP contribution in [-0.4, -0.2) is 23.9 Å². The minimum absolute atomic E-state index is 0.00126. The van der Waals surface area contributed by atoms with Crippen LogP contribution in [0.25, 0.3) is 10.8 Å². The Bertz CT molecular complexity index is 532. The van der Waals surface area contributed by atoms with Crippen molar-refractivity contribution in [3.05, 3.63) is 42.5 Å². The number of hydrogen-bond acceptors (Lipinski definition) is 3. The summed E-state index contributed by atoms with van der Waals surface area (Å²) in [4.78, 5) is 0. The molecule has 1 unspecified atom stereocenters. The minimum Gasteiger partial charge on any atom is -0.493 e. The van der Waals surface area contributed by atoms with Gasteiger partial charge in [0, 0.05) is 10.9 Å². The van der Waals surface area contributed by atoms with Gasteiger partial charge < -0.3 is 15.6 Å². The maximum atomic E-state index is 9.09. The summed E-state index contributed by atoms with van der Waals surface area (Å²) in [6.45, 7) is 2.47. The van der Waals surface area contributed by atoms with Gasteiger partial charge in [0.1, 0.15) is 5.75 Å². The zero-order valence-electron chi connectivity index (χ0n) is 11.3.